The molecule has 1 aliphatic rings. The lowest BCUT2D eigenvalue weighted by molar-refractivity contribution is -0.146. The highest BCUT2D eigenvalue weighted by molar-refractivity contribution is 6.42. The minimum absolute atomic E-state index is 0.108. The number of likely N-dealkylation sites (tertiary alicyclic amines) is 1. The molecule has 0 aromatic heterocycles. The highest BCUT2D eigenvalue weighted by Crippen LogP contribution is 2.32. The molecule has 9 heteroatoms. The van der Waals surface area contributed by atoms with Crippen molar-refractivity contribution in [3.05, 3.63) is 33.8 Å². The van der Waals surface area contributed by atoms with Crippen LogP contribution in [0.4, 0.5) is 0 Å². The Morgan fingerprint density at radius 2 is 1.96 bits per heavy atom. The van der Waals surface area contributed by atoms with E-state index in [-0.39, 0.29) is 12.2 Å². The summed E-state index contributed by atoms with van der Waals surface area (Å²) in [5.41, 5.74) is 6.16. The fourth-order valence-electron chi connectivity index (χ4n) is 3.96. The van der Waals surface area contributed by atoms with E-state index < -0.39 is 18.6 Å². The van der Waals surface area contributed by atoms with Gasteiger partial charge in [0.25, 0.3) is 0 Å². The van der Waals surface area contributed by atoms with Gasteiger partial charge in [-0.3, -0.25) is 9.69 Å². The number of carboxylic acids is 1. The Morgan fingerprint density at radius 1 is 1.21 bits per heavy atom. The van der Waals surface area contributed by atoms with E-state index in [4.69, 9.17) is 39.0 Å². The van der Waals surface area contributed by atoms with E-state index in [0.717, 1.165) is 38.0 Å². The first-order chi connectivity index (χ1) is 13.2. The number of hydrogen-bond acceptors (Lipinski definition) is 5. The van der Waals surface area contributed by atoms with Crippen LogP contribution in [0.5, 0.6) is 0 Å². The van der Waals surface area contributed by atoms with Crippen molar-refractivity contribution < 1.29 is 19.9 Å². The molecule has 0 aliphatic carbocycles. The van der Waals surface area contributed by atoms with Gasteiger partial charge in [0.15, 0.2) is 0 Å². The second kappa shape index (κ2) is 10.8. The monoisotopic (exact) mass is 430 g/mol. The van der Waals surface area contributed by atoms with Crippen molar-refractivity contribution in [3.63, 3.8) is 0 Å². The van der Waals surface area contributed by atoms with Crippen LogP contribution in [0.25, 0.3) is 0 Å². The zero-order valence-electron chi connectivity index (χ0n) is 16.0. The standard InChI is InChI=1S/C19H29BCl2N2O4/c21-16-6-5-14(12-17(16)22)13-24-10-3-4-15(7-11-24)19(23,18(25)26)8-1-2-9-20(27)28/h5-6,12,15,27-28H,1-4,7-11,13,23H2,(H,25,26). The zero-order valence-corrected chi connectivity index (χ0v) is 17.5. The molecular formula is C19H29BCl2N2O4. The van der Waals surface area contributed by atoms with Crippen LogP contribution in [0, 0.1) is 5.92 Å². The van der Waals surface area contributed by atoms with Crippen LogP contribution < -0.4 is 5.73 Å². The van der Waals surface area contributed by atoms with Gasteiger partial charge in [0.1, 0.15) is 5.54 Å². The Labute approximate surface area is 176 Å². The molecule has 1 fully saturated rings. The molecule has 1 aromatic rings. The lowest BCUT2D eigenvalue weighted by Crippen LogP contribution is -2.54. The second-order valence-electron chi connectivity index (χ2n) is 7.72. The molecule has 0 saturated carbocycles. The van der Waals surface area contributed by atoms with Gasteiger partial charge in [-0.05, 0) is 68.7 Å². The first-order valence-corrected chi connectivity index (χ1v) is 10.5. The zero-order chi connectivity index (χ0) is 20.7. The normalized spacial score (nSPS) is 20.4. The Kier molecular flexibility index (Phi) is 9.05. The molecule has 0 bridgehead atoms. The van der Waals surface area contributed by atoms with E-state index >= 15 is 0 Å². The molecule has 1 aromatic carbocycles. The van der Waals surface area contributed by atoms with Gasteiger partial charge in [0.2, 0.25) is 0 Å². The van der Waals surface area contributed by atoms with Crippen LogP contribution in [0.1, 0.15) is 44.1 Å². The third kappa shape index (κ3) is 6.61. The number of aliphatic carboxylic acids is 1. The van der Waals surface area contributed by atoms with Gasteiger partial charge < -0.3 is 20.9 Å². The Bertz CT molecular complexity index is 665. The average molecular weight is 431 g/mol. The Balaban J connectivity index is 1.95. The predicted molar refractivity (Wildman–Crippen MR) is 112 cm³/mol. The van der Waals surface area contributed by atoms with Crippen LogP contribution >= 0.6 is 23.2 Å². The minimum atomic E-state index is -1.36. The lowest BCUT2D eigenvalue weighted by atomic mass is 9.75. The summed E-state index contributed by atoms with van der Waals surface area (Å²) in [7, 11) is -1.36. The van der Waals surface area contributed by atoms with E-state index in [1.807, 2.05) is 12.1 Å². The summed E-state index contributed by atoms with van der Waals surface area (Å²) in [5, 5.41) is 28.7. The molecule has 5 N–H and O–H groups in total. The van der Waals surface area contributed by atoms with Gasteiger partial charge in [0, 0.05) is 6.54 Å². The van der Waals surface area contributed by atoms with Gasteiger partial charge in [-0.1, -0.05) is 42.1 Å². The topological polar surface area (TPSA) is 107 Å². The highest BCUT2D eigenvalue weighted by Gasteiger charge is 2.42. The number of nitrogens with two attached hydrogens (primary N) is 1. The maximum absolute atomic E-state index is 11.9. The molecule has 156 valence electrons. The molecule has 1 saturated heterocycles. The fraction of sp³-hybridized carbons (Fsp3) is 0.632. The summed E-state index contributed by atoms with van der Waals surface area (Å²) in [6.45, 7) is 2.39. The van der Waals surface area contributed by atoms with E-state index in [9.17, 15) is 9.90 Å². The molecule has 28 heavy (non-hydrogen) atoms. The molecule has 0 amide bonds. The van der Waals surface area contributed by atoms with Crippen molar-refractivity contribution in [1.29, 1.82) is 0 Å². The smallest absolute Gasteiger partial charge is 0.451 e. The quantitative estimate of drug-likeness (QED) is 0.354. The van der Waals surface area contributed by atoms with Gasteiger partial charge in [-0.15, -0.1) is 0 Å². The summed E-state index contributed by atoms with van der Waals surface area (Å²) in [6, 6.07) is 5.61. The summed E-state index contributed by atoms with van der Waals surface area (Å²) < 4.78 is 0. The number of nitrogens with zero attached hydrogens (tertiary/aromatic N) is 1. The molecule has 0 radical (unpaired) electrons. The SMILES string of the molecule is NC(CCCCB(O)O)(C(=O)O)C1CCCN(Cc2ccc(Cl)c(Cl)c2)CC1. The number of hydrogen-bond donors (Lipinski definition) is 4. The van der Waals surface area contributed by atoms with Gasteiger partial charge >= 0.3 is 13.1 Å². The summed E-state index contributed by atoms with van der Waals surface area (Å²) in [5.74, 6) is -1.08. The van der Waals surface area contributed by atoms with Crippen LogP contribution in [0.15, 0.2) is 18.2 Å². The molecule has 1 heterocycles. The molecule has 2 rings (SSSR count). The Hall–Kier alpha value is -0.825. The van der Waals surface area contributed by atoms with Crippen LogP contribution in [-0.4, -0.2) is 51.8 Å². The molecule has 1 aliphatic heterocycles. The maximum Gasteiger partial charge on any atom is 0.451 e. The van der Waals surface area contributed by atoms with Crippen molar-refractivity contribution in [2.24, 2.45) is 11.7 Å². The van der Waals surface area contributed by atoms with E-state index in [1.165, 1.54) is 0 Å². The molecule has 2 unspecified atom stereocenters. The lowest BCUT2D eigenvalue weighted by Gasteiger charge is -2.33. The third-order valence-electron chi connectivity index (χ3n) is 5.64. The average Bonchev–Trinajstić information content (AvgIpc) is 2.87. The van der Waals surface area contributed by atoms with Gasteiger partial charge in [-0.25, -0.2) is 0 Å². The number of rotatable bonds is 9. The summed E-state index contributed by atoms with van der Waals surface area (Å²) in [4.78, 5) is 14.2. The van der Waals surface area contributed by atoms with Gasteiger partial charge in [-0.2, -0.15) is 0 Å². The second-order valence-corrected chi connectivity index (χ2v) is 8.54. The summed E-state index contributed by atoms with van der Waals surface area (Å²) >= 11 is 12.1. The van der Waals surface area contributed by atoms with E-state index in [2.05, 4.69) is 4.90 Å². The third-order valence-corrected chi connectivity index (χ3v) is 6.38. The maximum atomic E-state index is 11.9. The highest BCUT2D eigenvalue weighted by atomic mass is 35.5. The van der Waals surface area contributed by atoms with Crippen LogP contribution in [0.3, 0.4) is 0 Å². The van der Waals surface area contributed by atoms with Crippen LogP contribution in [0.2, 0.25) is 16.4 Å². The first-order valence-electron chi connectivity index (χ1n) is 9.77. The molecule has 0 spiro atoms. The predicted octanol–water partition coefficient (Wildman–Crippen LogP) is 3.02. The van der Waals surface area contributed by atoms with Crippen molar-refractivity contribution >= 4 is 36.3 Å². The number of carboxylic acid groups (broad SMARTS) is 1. The van der Waals surface area contributed by atoms with E-state index in [1.54, 1.807) is 6.07 Å². The van der Waals surface area contributed by atoms with Gasteiger partial charge in [0.05, 0.1) is 10.0 Å². The van der Waals surface area contributed by atoms with Crippen molar-refractivity contribution in [2.45, 2.75) is 56.9 Å². The van der Waals surface area contributed by atoms with Crippen molar-refractivity contribution in [1.82, 2.24) is 4.90 Å². The number of halogens is 2. The fourth-order valence-corrected chi connectivity index (χ4v) is 4.28. The van der Waals surface area contributed by atoms with Crippen molar-refractivity contribution in [2.75, 3.05) is 13.1 Å². The molecular weight excluding hydrogens is 402 g/mol. The molecule has 6 nitrogen and oxygen atoms in total. The number of benzene rings is 1. The number of unbranched alkanes of at least 4 members (excludes halogenated alkanes) is 1. The minimum Gasteiger partial charge on any atom is -0.480 e. The Morgan fingerprint density at radius 3 is 2.61 bits per heavy atom. The number of carbonyl (C=O) groups is 1. The molecule has 2 atom stereocenters. The van der Waals surface area contributed by atoms with Crippen LogP contribution in [-0.2, 0) is 11.3 Å². The summed E-state index contributed by atoms with van der Waals surface area (Å²) in [6.07, 6.45) is 4.04. The van der Waals surface area contributed by atoms with E-state index in [0.29, 0.717) is 35.7 Å². The van der Waals surface area contributed by atoms with Crippen molar-refractivity contribution in [3.8, 4) is 0 Å². The first kappa shape index (κ1) is 23.5. The largest absolute Gasteiger partial charge is 0.480 e.